The summed E-state index contributed by atoms with van der Waals surface area (Å²) in [5, 5.41) is 7.99. The second kappa shape index (κ2) is 7.09. The van der Waals surface area contributed by atoms with Crippen molar-refractivity contribution in [1.82, 2.24) is 15.5 Å². The molecule has 0 aliphatic carbocycles. The second-order valence-corrected chi connectivity index (χ2v) is 6.41. The van der Waals surface area contributed by atoms with Gasteiger partial charge in [-0.05, 0) is 41.8 Å². The monoisotopic (exact) mass is 379 g/mol. The molecule has 4 rings (SSSR count). The third kappa shape index (κ3) is 3.61. The van der Waals surface area contributed by atoms with Crippen LogP contribution < -0.4 is 10.9 Å². The molecule has 2 N–H and O–H groups in total. The van der Waals surface area contributed by atoms with Crippen LogP contribution >= 0.6 is 11.6 Å². The van der Waals surface area contributed by atoms with E-state index >= 15 is 0 Å². The lowest BCUT2D eigenvalue weighted by atomic mass is 10.1. The molecule has 0 radical (unpaired) electrons. The minimum Gasteiger partial charge on any atom is -0.355 e. The number of carbonyl (C=O) groups excluding carboxylic acids is 1. The van der Waals surface area contributed by atoms with Crippen molar-refractivity contribution >= 4 is 28.4 Å². The van der Waals surface area contributed by atoms with Crippen LogP contribution in [0.25, 0.3) is 22.2 Å². The van der Waals surface area contributed by atoms with Gasteiger partial charge in [0, 0.05) is 34.3 Å². The number of amides is 1. The minimum atomic E-state index is -0.425. The van der Waals surface area contributed by atoms with E-state index < -0.39 is 5.91 Å². The number of nitrogens with zero attached hydrogens (tertiary/aromatic N) is 1. The number of halogens is 1. The van der Waals surface area contributed by atoms with Gasteiger partial charge in [-0.3, -0.25) is 9.59 Å². The van der Waals surface area contributed by atoms with Crippen molar-refractivity contribution in [3.05, 3.63) is 87.3 Å². The van der Waals surface area contributed by atoms with Gasteiger partial charge in [-0.1, -0.05) is 35.0 Å². The number of hydrogen-bond acceptors (Lipinski definition) is 4. The van der Waals surface area contributed by atoms with Gasteiger partial charge in [0.15, 0.2) is 11.5 Å². The van der Waals surface area contributed by atoms with Crippen LogP contribution in [-0.4, -0.2) is 16.0 Å². The van der Waals surface area contributed by atoms with E-state index in [0.29, 0.717) is 16.3 Å². The first-order valence-corrected chi connectivity index (χ1v) is 8.60. The Morgan fingerprint density at radius 1 is 1.11 bits per heavy atom. The van der Waals surface area contributed by atoms with Crippen molar-refractivity contribution in [3.8, 4) is 11.3 Å². The first kappa shape index (κ1) is 17.1. The molecule has 4 aromatic rings. The van der Waals surface area contributed by atoms with Gasteiger partial charge >= 0.3 is 0 Å². The van der Waals surface area contributed by atoms with E-state index in [9.17, 15) is 9.59 Å². The summed E-state index contributed by atoms with van der Waals surface area (Å²) in [6.07, 6.45) is 0. The SMILES string of the molecule is O=C(NCc1cc2ccccc2[nH]c1=O)c1cc(-c2ccc(Cl)cc2)on1. The fraction of sp³-hybridized carbons (Fsp3) is 0.0500. The Labute approximate surface area is 158 Å². The van der Waals surface area contributed by atoms with Crippen molar-refractivity contribution in [1.29, 1.82) is 0 Å². The molecule has 0 unspecified atom stereocenters. The molecule has 0 bridgehead atoms. The number of pyridine rings is 1. The number of para-hydroxylation sites is 1. The first-order valence-electron chi connectivity index (χ1n) is 8.22. The maximum atomic E-state index is 12.3. The number of benzene rings is 2. The van der Waals surface area contributed by atoms with E-state index in [1.165, 1.54) is 0 Å². The number of nitrogens with one attached hydrogen (secondary N) is 2. The number of carbonyl (C=O) groups is 1. The van der Waals surface area contributed by atoms with Gasteiger partial charge in [0.05, 0.1) is 0 Å². The molecule has 134 valence electrons. The molecule has 0 aliphatic heterocycles. The van der Waals surface area contributed by atoms with Crippen LogP contribution in [0.3, 0.4) is 0 Å². The number of aromatic amines is 1. The van der Waals surface area contributed by atoms with Gasteiger partial charge in [0.25, 0.3) is 11.5 Å². The number of H-pyrrole nitrogens is 1. The third-order valence-corrected chi connectivity index (χ3v) is 4.39. The van der Waals surface area contributed by atoms with Gasteiger partial charge in [0.1, 0.15) is 0 Å². The topological polar surface area (TPSA) is 88.0 Å². The lowest BCUT2D eigenvalue weighted by Gasteiger charge is -2.04. The Morgan fingerprint density at radius 2 is 1.89 bits per heavy atom. The highest BCUT2D eigenvalue weighted by molar-refractivity contribution is 6.30. The fourth-order valence-corrected chi connectivity index (χ4v) is 2.85. The highest BCUT2D eigenvalue weighted by Crippen LogP contribution is 2.22. The summed E-state index contributed by atoms with van der Waals surface area (Å²) in [5.74, 6) is 0.0342. The van der Waals surface area contributed by atoms with Gasteiger partial charge in [0.2, 0.25) is 0 Å². The van der Waals surface area contributed by atoms with Crippen molar-refractivity contribution < 1.29 is 9.32 Å². The van der Waals surface area contributed by atoms with Crippen LogP contribution in [0.2, 0.25) is 5.02 Å². The fourth-order valence-electron chi connectivity index (χ4n) is 2.72. The number of fused-ring (bicyclic) bond motifs is 1. The predicted octanol–water partition coefficient (Wildman–Crippen LogP) is 3.77. The summed E-state index contributed by atoms with van der Waals surface area (Å²) < 4.78 is 5.22. The normalized spacial score (nSPS) is 10.9. The molecule has 0 fully saturated rings. The van der Waals surface area contributed by atoms with E-state index in [-0.39, 0.29) is 17.8 Å². The molecule has 6 nitrogen and oxygen atoms in total. The summed E-state index contributed by atoms with van der Waals surface area (Å²) in [6, 6.07) is 17.8. The van der Waals surface area contributed by atoms with E-state index in [2.05, 4.69) is 15.5 Å². The minimum absolute atomic E-state index is 0.0855. The highest BCUT2D eigenvalue weighted by atomic mass is 35.5. The predicted molar refractivity (Wildman–Crippen MR) is 103 cm³/mol. The molecule has 2 heterocycles. The maximum absolute atomic E-state index is 12.3. The Balaban J connectivity index is 1.49. The Morgan fingerprint density at radius 3 is 2.70 bits per heavy atom. The third-order valence-electron chi connectivity index (χ3n) is 4.14. The molecule has 2 aromatic carbocycles. The molecule has 7 heteroatoms. The van der Waals surface area contributed by atoms with Crippen molar-refractivity contribution in [3.63, 3.8) is 0 Å². The van der Waals surface area contributed by atoms with E-state index in [1.54, 1.807) is 36.4 Å². The zero-order valence-electron chi connectivity index (χ0n) is 14.0. The van der Waals surface area contributed by atoms with Gasteiger partial charge < -0.3 is 14.8 Å². The van der Waals surface area contributed by atoms with Crippen LogP contribution in [0.5, 0.6) is 0 Å². The molecule has 0 atom stereocenters. The van der Waals surface area contributed by atoms with Crippen LogP contribution in [0.15, 0.2) is 70.0 Å². The summed E-state index contributed by atoms with van der Waals surface area (Å²) in [6.45, 7) is 0.0855. The van der Waals surface area contributed by atoms with Crippen LogP contribution in [0, 0.1) is 0 Å². The molecule has 2 aromatic heterocycles. The van der Waals surface area contributed by atoms with Gasteiger partial charge in [-0.15, -0.1) is 0 Å². The molecule has 27 heavy (non-hydrogen) atoms. The van der Waals surface area contributed by atoms with Crippen molar-refractivity contribution in [2.24, 2.45) is 0 Å². The molecule has 0 saturated heterocycles. The molecular weight excluding hydrogens is 366 g/mol. The lowest BCUT2D eigenvalue weighted by molar-refractivity contribution is 0.0942. The van der Waals surface area contributed by atoms with Crippen LogP contribution in [0.4, 0.5) is 0 Å². The Kier molecular flexibility index (Phi) is 4.48. The molecule has 1 amide bonds. The number of aromatic nitrogens is 2. The van der Waals surface area contributed by atoms with Crippen molar-refractivity contribution in [2.45, 2.75) is 6.54 Å². The zero-order valence-corrected chi connectivity index (χ0v) is 14.8. The number of hydrogen-bond donors (Lipinski definition) is 2. The lowest BCUT2D eigenvalue weighted by Crippen LogP contribution is -2.26. The van der Waals surface area contributed by atoms with Gasteiger partial charge in [-0.25, -0.2) is 0 Å². The van der Waals surface area contributed by atoms with Crippen molar-refractivity contribution in [2.75, 3.05) is 0 Å². The van der Waals surface area contributed by atoms with Crippen LogP contribution in [0.1, 0.15) is 16.1 Å². The van der Waals surface area contributed by atoms with E-state index in [1.807, 2.05) is 24.3 Å². The quantitative estimate of drug-likeness (QED) is 0.565. The van der Waals surface area contributed by atoms with E-state index in [0.717, 1.165) is 16.5 Å². The van der Waals surface area contributed by atoms with Gasteiger partial charge in [-0.2, -0.15) is 0 Å². The summed E-state index contributed by atoms with van der Waals surface area (Å²) in [5.41, 5.74) is 1.87. The molecule has 0 saturated carbocycles. The highest BCUT2D eigenvalue weighted by Gasteiger charge is 2.14. The smallest absolute Gasteiger partial charge is 0.273 e. The summed E-state index contributed by atoms with van der Waals surface area (Å²) >= 11 is 5.86. The van der Waals surface area contributed by atoms with E-state index in [4.69, 9.17) is 16.1 Å². The second-order valence-electron chi connectivity index (χ2n) is 5.98. The summed E-state index contributed by atoms with van der Waals surface area (Å²) in [4.78, 5) is 27.3. The van der Waals surface area contributed by atoms with Crippen LogP contribution in [-0.2, 0) is 6.54 Å². The zero-order chi connectivity index (χ0) is 18.8. The Hall–Kier alpha value is -3.38. The Bertz CT molecular complexity index is 1180. The standard InChI is InChI=1S/C20H14ClN3O3/c21-15-7-5-12(6-8-15)18-10-17(24-27-18)20(26)22-11-14-9-13-3-1-2-4-16(13)23-19(14)25/h1-10H,11H2,(H,22,26)(H,23,25). The largest absolute Gasteiger partial charge is 0.355 e. The number of rotatable bonds is 4. The first-order chi connectivity index (χ1) is 13.1. The average molecular weight is 380 g/mol. The summed E-state index contributed by atoms with van der Waals surface area (Å²) in [7, 11) is 0. The molecular formula is C20H14ClN3O3. The molecule has 0 aliphatic rings. The average Bonchev–Trinajstić information content (AvgIpc) is 3.17. The molecule has 0 spiro atoms. The maximum Gasteiger partial charge on any atom is 0.273 e.